The lowest BCUT2D eigenvalue weighted by atomic mass is 10.4. The molecule has 0 bridgehead atoms. The molecule has 1 aromatic rings. The molecule has 6 heteroatoms. The van der Waals surface area contributed by atoms with E-state index >= 15 is 0 Å². The van der Waals surface area contributed by atoms with Crippen molar-refractivity contribution in [3.05, 3.63) is 18.0 Å². The molecule has 0 atom stereocenters. The van der Waals surface area contributed by atoms with Gasteiger partial charge in [-0.1, -0.05) is 6.92 Å². The van der Waals surface area contributed by atoms with E-state index in [1.54, 1.807) is 19.3 Å². The molecule has 0 saturated heterocycles. The molecule has 1 aliphatic carbocycles. The molecule has 19 heavy (non-hydrogen) atoms. The van der Waals surface area contributed by atoms with Crippen molar-refractivity contribution >= 4 is 21.6 Å². The SMILES string of the molecule is CCCn1cc(S(=O)(=O)N(C)CC2CC2)cc1CCl. The Bertz CT molecular complexity index is 535. The molecule has 2 rings (SSSR count). The van der Waals surface area contributed by atoms with Crippen molar-refractivity contribution in [3.63, 3.8) is 0 Å². The van der Waals surface area contributed by atoms with Crippen molar-refractivity contribution in [2.24, 2.45) is 5.92 Å². The van der Waals surface area contributed by atoms with Crippen LogP contribution in [0.3, 0.4) is 0 Å². The predicted octanol–water partition coefficient (Wildman–Crippen LogP) is 2.67. The second kappa shape index (κ2) is 5.85. The first-order valence-corrected chi connectivity index (χ1v) is 8.67. The average molecular weight is 305 g/mol. The molecule has 0 aliphatic heterocycles. The van der Waals surface area contributed by atoms with Gasteiger partial charge in [-0.15, -0.1) is 11.6 Å². The van der Waals surface area contributed by atoms with Crippen molar-refractivity contribution in [2.45, 2.75) is 43.5 Å². The summed E-state index contributed by atoms with van der Waals surface area (Å²) in [5, 5.41) is 0. The highest BCUT2D eigenvalue weighted by Crippen LogP contribution is 2.31. The van der Waals surface area contributed by atoms with Gasteiger partial charge in [0, 0.05) is 32.0 Å². The Morgan fingerprint density at radius 1 is 1.47 bits per heavy atom. The van der Waals surface area contributed by atoms with Crippen LogP contribution < -0.4 is 0 Å². The summed E-state index contributed by atoms with van der Waals surface area (Å²) in [4.78, 5) is 0.361. The highest BCUT2D eigenvalue weighted by molar-refractivity contribution is 7.89. The molecule has 1 fully saturated rings. The van der Waals surface area contributed by atoms with Crippen LogP contribution in [0.15, 0.2) is 17.2 Å². The lowest BCUT2D eigenvalue weighted by Crippen LogP contribution is -2.28. The number of rotatable bonds is 7. The second-order valence-electron chi connectivity index (χ2n) is 5.22. The fourth-order valence-corrected chi connectivity index (χ4v) is 3.71. The monoisotopic (exact) mass is 304 g/mol. The van der Waals surface area contributed by atoms with Crippen molar-refractivity contribution in [1.82, 2.24) is 8.87 Å². The number of aryl methyl sites for hydroxylation is 1. The van der Waals surface area contributed by atoms with Gasteiger partial charge in [-0.3, -0.25) is 0 Å². The van der Waals surface area contributed by atoms with Crippen LogP contribution in [-0.4, -0.2) is 30.9 Å². The van der Waals surface area contributed by atoms with Crippen molar-refractivity contribution in [2.75, 3.05) is 13.6 Å². The molecule has 1 saturated carbocycles. The van der Waals surface area contributed by atoms with Gasteiger partial charge in [0.2, 0.25) is 10.0 Å². The normalized spacial score (nSPS) is 16.2. The zero-order valence-electron chi connectivity index (χ0n) is 11.5. The summed E-state index contributed by atoms with van der Waals surface area (Å²) >= 11 is 5.88. The summed E-state index contributed by atoms with van der Waals surface area (Å²) in [6.45, 7) is 3.48. The molecule has 0 amide bonds. The van der Waals surface area contributed by atoms with E-state index in [9.17, 15) is 8.42 Å². The summed E-state index contributed by atoms with van der Waals surface area (Å²) in [5.74, 6) is 0.881. The number of halogens is 1. The van der Waals surface area contributed by atoms with E-state index in [0.29, 0.717) is 23.2 Å². The van der Waals surface area contributed by atoms with Crippen molar-refractivity contribution in [3.8, 4) is 0 Å². The summed E-state index contributed by atoms with van der Waals surface area (Å²) in [5.41, 5.74) is 0.863. The molecule has 0 unspecified atom stereocenters. The highest BCUT2D eigenvalue weighted by Gasteiger charge is 2.30. The summed E-state index contributed by atoms with van der Waals surface area (Å²) < 4.78 is 28.3. The number of hydrogen-bond donors (Lipinski definition) is 0. The molecule has 0 radical (unpaired) electrons. The Labute approximate surface area is 120 Å². The summed E-state index contributed by atoms with van der Waals surface area (Å²) in [7, 11) is -1.71. The highest BCUT2D eigenvalue weighted by atomic mass is 35.5. The van der Waals surface area contributed by atoms with Crippen LogP contribution in [-0.2, 0) is 22.4 Å². The Morgan fingerprint density at radius 3 is 2.68 bits per heavy atom. The topological polar surface area (TPSA) is 42.3 Å². The predicted molar refractivity (Wildman–Crippen MR) is 76.8 cm³/mol. The van der Waals surface area contributed by atoms with Crippen LogP contribution in [0.2, 0.25) is 0 Å². The molecule has 0 N–H and O–H groups in total. The Kier molecular flexibility index (Phi) is 4.58. The Balaban J connectivity index is 2.23. The third kappa shape index (κ3) is 3.33. The van der Waals surface area contributed by atoms with Gasteiger partial charge in [0.1, 0.15) is 4.90 Å². The minimum absolute atomic E-state index is 0.335. The van der Waals surface area contributed by atoms with Crippen LogP contribution in [0, 0.1) is 5.92 Å². The number of aromatic nitrogens is 1. The second-order valence-corrected chi connectivity index (χ2v) is 7.54. The maximum atomic E-state index is 12.5. The standard InChI is InChI=1S/C13H21ClN2O2S/c1-3-6-16-10-13(7-12(16)8-14)19(17,18)15(2)9-11-4-5-11/h7,10-11H,3-6,8-9H2,1-2H3. The molecule has 4 nitrogen and oxygen atoms in total. The maximum absolute atomic E-state index is 12.5. The lowest BCUT2D eigenvalue weighted by molar-refractivity contribution is 0.452. The molecule has 0 aromatic carbocycles. The first-order chi connectivity index (χ1) is 8.98. The number of alkyl halides is 1. The minimum atomic E-state index is -3.37. The van der Waals surface area contributed by atoms with Crippen molar-refractivity contribution in [1.29, 1.82) is 0 Å². The molecule has 1 aliphatic rings. The molecule has 0 spiro atoms. The van der Waals surface area contributed by atoms with E-state index in [4.69, 9.17) is 11.6 Å². The van der Waals surface area contributed by atoms with Gasteiger partial charge in [0.25, 0.3) is 0 Å². The molecule has 1 heterocycles. The van der Waals surface area contributed by atoms with Gasteiger partial charge in [-0.2, -0.15) is 0 Å². The van der Waals surface area contributed by atoms with Gasteiger partial charge in [-0.25, -0.2) is 12.7 Å². The van der Waals surface area contributed by atoms with Crippen LogP contribution >= 0.6 is 11.6 Å². The number of nitrogens with zero attached hydrogens (tertiary/aromatic N) is 2. The van der Waals surface area contributed by atoms with E-state index in [1.165, 1.54) is 4.31 Å². The quantitative estimate of drug-likeness (QED) is 0.727. The van der Waals surface area contributed by atoms with E-state index < -0.39 is 10.0 Å². The van der Waals surface area contributed by atoms with E-state index in [0.717, 1.165) is 31.5 Å². The van der Waals surface area contributed by atoms with Crippen LogP contribution in [0.1, 0.15) is 31.9 Å². The molecule has 1 aromatic heterocycles. The van der Waals surface area contributed by atoms with E-state index in [2.05, 4.69) is 6.92 Å². The zero-order chi connectivity index (χ0) is 14.0. The largest absolute Gasteiger partial charge is 0.349 e. The molecule has 108 valence electrons. The minimum Gasteiger partial charge on any atom is -0.349 e. The maximum Gasteiger partial charge on any atom is 0.244 e. The Morgan fingerprint density at radius 2 is 2.16 bits per heavy atom. The van der Waals surface area contributed by atoms with Crippen molar-refractivity contribution < 1.29 is 8.42 Å². The van der Waals surface area contributed by atoms with Gasteiger partial charge < -0.3 is 4.57 Å². The van der Waals surface area contributed by atoms with E-state index in [-0.39, 0.29) is 0 Å². The van der Waals surface area contributed by atoms with Crippen LogP contribution in [0.4, 0.5) is 0 Å². The summed E-state index contributed by atoms with van der Waals surface area (Å²) in [6, 6.07) is 1.70. The van der Waals surface area contributed by atoms with Gasteiger partial charge in [0.05, 0.1) is 5.88 Å². The van der Waals surface area contributed by atoms with Gasteiger partial charge >= 0.3 is 0 Å². The lowest BCUT2D eigenvalue weighted by Gasteiger charge is -2.15. The number of sulfonamides is 1. The first-order valence-electron chi connectivity index (χ1n) is 6.70. The first kappa shape index (κ1) is 14.9. The number of hydrogen-bond acceptors (Lipinski definition) is 2. The average Bonchev–Trinajstić information content (AvgIpc) is 3.07. The molecular weight excluding hydrogens is 284 g/mol. The fraction of sp³-hybridized carbons (Fsp3) is 0.692. The van der Waals surface area contributed by atoms with Crippen LogP contribution in [0.5, 0.6) is 0 Å². The third-order valence-electron chi connectivity index (χ3n) is 3.48. The third-order valence-corrected chi connectivity index (χ3v) is 5.55. The van der Waals surface area contributed by atoms with Crippen LogP contribution in [0.25, 0.3) is 0 Å². The van der Waals surface area contributed by atoms with Gasteiger partial charge in [-0.05, 0) is 31.2 Å². The smallest absolute Gasteiger partial charge is 0.244 e. The zero-order valence-corrected chi connectivity index (χ0v) is 13.0. The van der Waals surface area contributed by atoms with E-state index in [1.807, 2.05) is 4.57 Å². The summed E-state index contributed by atoms with van der Waals surface area (Å²) in [6.07, 6.45) is 4.95. The van der Waals surface area contributed by atoms with Gasteiger partial charge in [0.15, 0.2) is 0 Å². The Hall–Kier alpha value is -0.520. The molecular formula is C13H21ClN2O2S. The fourth-order valence-electron chi connectivity index (χ4n) is 2.17.